The average Bonchev–Trinajstić information content (AvgIpc) is 3.09. The zero-order valence-electron chi connectivity index (χ0n) is 8.38. The molecule has 0 unspecified atom stereocenters. The van der Waals surface area contributed by atoms with Crippen LogP contribution in [0.1, 0.15) is 5.56 Å². The molecule has 7 nitrogen and oxygen atoms in total. The van der Waals surface area contributed by atoms with Crippen molar-refractivity contribution >= 4 is 11.3 Å². The molecule has 0 aliphatic heterocycles. The molecule has 0 fully saturated rings. The van der Waals surface area contributed by atoms with Crippen molar-refractivity contribution in [1.82, 2.24) is 30.4 Å². The van der Waals surface area contributed by atoms with Crippen LogP contribution in [0.2, 0.25) is 0 Å². The van der Waals surface area contributed by atoms with E-state index in [2.05, 4.69) is 36.4 Å². The quantitative estimate of drug-likeness (QED) is 0.703. The van der Waals surface area contributed by atoms with Crippen molar-refractivity contribution in [1.29, 1.82) is 5.26 Å². The highest BCUT2D eigenvalue weighted by molar-refractivity contribution is 7.14. The molecule has 0 spiro atoms. The molecule has 82 valence electrons. The first-order valence-corrected chi connectivity index (χ1v) is 5.51. The Hall–Kier alpha value is -2.53. The zero-order valence-corrected chi connectivity index (χ0v) is 9.19. The van der Waals surface area contributed by atoms with Crippen molar-refractivity contribution < 1.29 is 0 Å². The highest BCUT2D eigenvalue weighted by atomic mass is 32.1. The zero-order chi connectivity index (χ0) is 11.7. The van der Waals surface area contributed by atoms with Gasteiger partial charge in [0.2, 0.25) is 0 Å². The molecular weight excluding hydrogens is 238 g/mol. The highest BCUT2D eigenvalue weighted by Gasteiger charge is 2.17. The number of hydrogen-bond acceptors (Lipinski definition) is 6. The number of nitrogens with one attached hydrogen (secondary N) is 2. The smallest absolute Gasteiger partial charge is 0.166 e. The second-order valence-corrected chi connectivity index (χ2v) is 4.01. The molecule has 0 atom stereocenters. The summed E-state index contributed by atoms with van der Waals surface area (Å²) in [4.78, 5) is 8.82. The molecule has 0 bridgehead atoms. The van der Waals surface area contributed by atoms with Gasteiger partial charge in [-0.1, -0.05) is 0 Å². The Kier molecular flexibility index (Phi) is 2.16. The highest BCUT2D eigenvalue weighted by Crippen LogP contribution is 2.34. The van der Waals surface area contributed by atoms with E-state index in [-0.39, 0.29) is 0 Å². The maximum absolute atomic E-state index is 9.22. The number of aromatic nitrogens is 6. The summed E-state index contributed by atoms with van der Waals surface area (Å²) >= 11 is 1.41. The number of rotatable bonds is 2. The molecule has 0 saturated carbocycles. The van der Waals surface area contributed by atoms with Crippen LogP contribution >= 0.6 is 11.3 Å². The first kappa shape index (κ1) is 9.68. The van der Waals surface area contributed by atoms with E-state index in [0.717, 1.165) is 10.4 Å². The van der Waals surface area contributed by atoms with E-state index in [1.165, 1.54) is 24.0 Å². The van der Waals surface area contributed by atoms with Crippen LogP contribution in [0.25, 0.3) is 22.1 Å². The fourth-order valence-electron chi connectivity index (χ4n) is 1.47. The van der Waals surface area contributed by atoms with Gasteiger partial charge in [0.15, 0.2) is 11.6 Å². The number of nitriles is 1. The summed E-state index contributed by atoms with van der Waals surface area (Å²) in [6, 6.07) is 2.16. The lowest BCUT2D eigenvalue weighted by Gasteiger charge is -1.93. The van der Waals surface area contributed by atoms with Crippen molar-refractivity contribution in [2.75, 3.05) is 0 Å². The van der Waals surface area contributed by atoms with Crippen molar-refractivity contribution in [3.63, 3.8) is 0 Å². The molecule has 0 saturated heterocycles. The second kappa shape index (κ2) is 3.80. The summed E-state index contributed by atoms with van der Waals surface area (Å²) in [7, 11) is 0. The Bertz CT molecular complexity index is 607. The minimum absolute atomic E-state index is 0.517. The van der Waals surface area contributed by atoms with Crippen LogP contribution < -0.4 is 0 Å². The van der Waals surface area contributed by atoms with Crippen LogP contribution in [0, 0.1) is 11.3 Å². The SMILES string of the molecule is N#Cc1c(-c2ncn[nH]2)csc1-c1ncn[nH]1. The van der Waals surface area contributed by atoms with E-state index in [0.29, 0.717) is 17.2 Å². The van der Waals surface area contributed by atoms with E-state index < -0.39 is 0 Å². The molecule has 3 rings (SSSR count). The van der Waals surface area contributed by atoms with E-state index in [4.69, 9.17) is 0 Å². The molecule has 3 aromatic heterocycles. The minimum atomic E-state index is 0.517. The number of aromatic amines is 2. The van der Waals surface area contributed by atoms with Gasteiger partial charge in [0.1, 0.15) is 18.7 Å². The molecule has 2 N–H and O–H groups in total. The maximum atomic E-state index is 9.22. The molecule has 3 heterocycles. The van der Waals surface area contributed by atoms with Gasteiger partial charge in [-0.05, 0) is 0 Å². The molecular formula is C9H5N7S. The molecule has 3 aromatic rings. The number of H-pyrrole nitrogens is 2. The fourth-order valence-corrected chi connectivity index (χ4v) is 2.42. The van der Waals surface area contributed by atoms with E-state index >= 15 is 0 Å². The lowest BCUT2D eigenvalue weighted by molar-refractivity contribution is 1.09. The Balaban J connectivity index is 2.18. The monoisotopic (exact) mass is 243 g/mol. The van der Waals surface area contributed by atoms with Crippen molar-refractivity contribution in [3.8, 4) is 28.2 Å². The largest absolute Gasteiger partial charge is 0.259 e. The third-order valence-corrected chi connectivity index (χ3v) is 3.19. The van der Waals surface area contributed by atoms with Gasteiger partial charge in [0.05, 0.1) is 10.4 Å². The van der Waals surface area contributed by atoms with Crippen molar-refractivity contribution in [2.45, 2.75) is 0 Å². The summed E-state index contributed by atoms with van der Waals surface area (Å²) in [5, 5.41) is 24.1. The van der Waals surface area contributed by atoms with E-state index in [9.17, 15) is 5.26 Å². The van der Waals surface area contributed by atoms with Crippen LogP contribution in [0.5, 0.6) is 0 Å². The molecule has 0 aliphatic carbocycles. The van der Waals surface area contributed by atoms with Crippen LogP contribution in [-0.2, 0) is 0 Å². The normalized spacial score (nSPS) is 10.3. The van der Waals surface area contributed by atoms with Gasteiger partial charge in [-0.15, -0.1) is 11.3 Å². The van der Waals surface area contributed by atoms with Crippen LogP contribution in [0.4, 0.5) is 0 Å². The fraction of sp³-hybridized carbons (Fsp3) is 0. The molecule has 0 amide bonds. The lowest BCUT2D eigenvalue weighted by atomic mass is 10.1. The van der Waals surface area contributed by atoms with Gasteiger partial charge >= 0.3 is 0 Å². The van der Waals surface area contributed by atoms with Gasteiger partial charge < -0.3 is 0 Å². The van der Waals surface area contributed by atoms with Crippen LogP contribution in [0.3, 0.4) is 0 Å². The maximum Gasteiger partial charge on any atom is 0.166 e. The second-order valence-electron chi connectivity index (χ2n) is 3.13. The number of thiophene rings is 1. The minimum Gasteiger partial charge on any atom is -0.259 e. The van der Waals surface area contributed by atoms with Gasteiger partial charge in [-0.3, -0.25) is 10.2 Å². The summed E-state index contributed by atoms with van der Waals surface area (Å²) in [5.74, 6) is 1.15. The van der Waals surface area contributed by atoms with Crippen molar-refractivity contribution in [2.24, 2.45) is 0 Å². The predicted octanol–water partition coefficient (Wildman–Crippen LogP) is 1.19. The lowest BCUT2D eigenvalue weighted by Crippen LogP contribution is -1.85. The Morgan fingerprint density at radius 1 is 1.12 bits per heavy atom. The van der Waals surface area contributed by atoms with Crippen LogP contribution in [-0.4, -0.2) is 30.4 Å². The van der Waals surface area contributed by atoms with Gasteiger partial charge in [-0.2, -0.15) is 15.5 Å². The van der Waals surface area contributed by atoms with Crippen LogP contribution in [0.15, 0.2) is 18.0 Å². The Morgan fingerprint density at radius 3 is 2.41 bits per heavy atom. The van der Waals surface area contributed by atoms with E-state index in [1.807, 2.05) is 5.38 Å². The van der Waals surface area contributed by atoms with Gasteiger partial charge in [0.25, 0.3) is 0 Å². The summed E-state index contributed by atoms with van der Waals surface area (Å²) < 4.78 is 0. The number of nitrogens with zero attached hydrogens (tertiary/aromatic N) is 5. The predicted molar refractivity (Wildman–Crippen MR) is 59.8 cm³/mol. The molecule has 17 heavy (non-hydrogen) atoms. The first-order valence-electron chi connectivity index (χ1n) is 4.63. The first-order chi connectivity index (χ1) is 8.40. The topological polar surface area (TPSA) is 107 Å². The standard InChI is InChI=1S/C9H5N7S/c10-1-5-6(8-11-3-13-15-8)2-17-7(5)9-12-4-14-16-9/h2-4H,(H,11,13,15)(H,12,14,16). The third kappa shape index (κ3) is 1.49. The number of hydrogen-bond donors (Lipinski definition) is 2. The molecule has 8 heteroatoms. The third-order valence-electron chi connectivity index (χ3n) is 2.20. The summed E-state index contributed by atoms with van der Waals surface area (Å²) in [6.07, 6.45) is 2.81. The van der Waals surface area contributed by atoms with Crippen molar-refractivity contribution in [3.05, 3.63) is 23.6 Å². The van der Waals surface area contributed by atoms with Gasteiger partial charge in [-0.25, -0.2) is 9.97 Å². The molecule has 0 radical (unpaired) electrons. The molecule has 0 aromatic carbocycles. The average molecular weight is 243 g/mol. The summed E-state index contributed by atoms with van der Waals surface area (Å²) in [6.45, 7) is 0. The summed E-state index contributed by atoms with van der Waals surface area (Å²) in [5.41, 5.74) is 1.24. The molecule has 0 aliphatic rings. The Morgan fingerprint density at radius 2 is 1.82 bits per heavy atom. The van der Waals surface area contributed by atoms with E-state index in [1.54, 1.807) is 0 Å². The van der Waals surface area contributed by atoms with Gasteiger partial charge in [0, 0.05) is 10.9 Å². The Labute approximate surface area is 99.2 Å².